The van der Waals surface area contributed by atoms with Crippen LogP contribution in [0.15, 0.2) is 36.7 Å². The molecule has 0 unspecified atom stereocenters. The van der Waals surface area contributed by atoms with Gasteiger partial charge in [0.05, 0.1) is 12.4 Å². The molecule has 1 fully saturated rings. The normalized spacial score (nSPS) is 15.7. The van der Waals surface area contributed by atoms with Crippen LogP contribution >= 0.6 is 0 Å². The van der Waals surface area contributed by atoms with E-state index in [4.69, 9.17) is 0 Å². The molecule has 0 bridgehead atoms. The second kappa shape index (κ2) is 7.20. The third-order valence-corrected chi connectivity index (χ3v) is 5.33. The van der Waals surface area contributed by atoms with Crippen molar-refractivity contribution in [2.24, 2.45) is 5.92 Å². The third kappa shape index (κ3) is 3.91. The van der Waals surface area contributed by atoms with Crippen LogP contribution in [0.1, 0.15) is 29.7 Å². The third-order valence-electron chi connectivity index (χ3n) is 5.33. The minimum Gasteiger partial charge on any atom is -0.339 e. The maximum atomic E-state index is 12.4. The molecule has 2 aliphatic rings. The molecule has 3 heterocycles. The van der Waals surface area contributed by atoms with Crippen molar-refractivity contribution in [2.45, 2.75) is 32.7 Å². The van der Waals surface area contributed by atoms with Crippen LogP contribution < -0.4 is 10.6 Å². The number of nitrogens with one attached hydrogen (secondary N) is 3. The van der Waals surface area contributed by atoms with E-state index >= 15 is 0 Å². The molecule has 5 rings (SSSR count). The molecule has 1 aromatic carbocycles. The lowest BCUT2D eigenvalue weighted by molar-refractivity contribution is -0.133. The van der Waals surface area contributed by atoms with Crippen molar-refractivity contribution in [3.05, 3.63) is 53.5 Å². The zero-order chi connectivity index (χ0) is 19.8. The summed E-state index contributed by atoms with van der Waals surface area (Å²) in [6.07, 6.45) is 6.35. The number of H-pyrrole nitrogens is 1. The number of rotatable bonds is 5. The number of anilines is 4. The quantitative estimate of drug-likeness (QED) is 0.619. The Kier molecular flexibility index (Phi) is 4.38. The highest BCUT2D eigenvalue weighted by Crippen LogP contribution is 2.33. The summed E-state index contributed by atoms with van der Waals surface area (Å²) in [5.74, 6) is 2.53. The predicted molar refractivity (Wildman–Crippen MR) is 110 cm³/mol. The van der Waals surface area contributed by atoms with Crippen LogP contribution in [-0.2, 0) is 17.8 Å². The van der Waals surface area contributed by atoms with Gasteiger partial charge in [-0.3, -0.25) is 14.9 Å². The first kappa shape index (κ1) is 17.7. The molecule has 1 saturated carbocycles. The highest BCUT2D eigenvalue weighted by atomic mass is 16.2. The first-order chi connectivity index (χ1) is 14.1. The van der Waals surface area contributed by atoms with Crippen LogP contribution in [0.5, 0.6) is 0 Å². The van der Waals surface area contributed by atoms with E-state index in [1.54, 1.807) is 12.4 Å². The van der Waals surface area contributed by atoms with Gasteiger partial charge in [0.2, 0.25) is 5.91 Å². The van der Waals surface area contributed by atoms with Crippen molar-refractivity contribution < 1.29 is 4.79 Å². The Morgan fingerprint density at radius 3 is 2.69 bits per heavy atom. The van der Waals surface area contributed by atoms with Crippen LogP contribution in [0.25, 0.3) is 0 Å². The molecule has 1 aliphatic carbocycles. The number of aromatic amines is 1. The van der Waals surface area contributed by atoms with Gasteiger partial charge >= 0.3 is 0 Å². The van der Waals surface area contributed by atoms with Gasteiger partial charge in [0.15, 0.2) is 17.5 Å². The standard InChI is InChI=1S/C21H23N7O/c1-13-8-18(27-26-13)24-20-11-22-10-19(25-20)23-17-5-4-14-6-7-28(12-16(14)9-17)21(29)15-2-3-15/h4-5,8-11,15H,2-3,6-7,12H2,1H3,(H3,23,24,25,26,27). The number of carbonyl (C=O) groups is 1. The Bertz CT molecular complexity index is 1060. The Morgan fingerprint density at radius 1 is 1.10 bits per heavy atom. The van der Waals surface area contributed by atoms with Crippen molar-refractivity contribution >= 4 is 29.0 Å². The van der Waals surface area contributed by atoms with Crippen LogP contribution in [-0.4, -0.2) is 37.5 Å². The Labute approximate surface area is 168 Å². The molecule has 8 nitrogen and oxygen atoms in total. The molecule has 148 valence electrons. The summed E-state index contributed by atoms with van der Waals surface area (Å²) in [6, 6.07) is 8.20. The fourth-order valence-corrected chi connectivity index (χ4v) is 3.66. The molecule has 8 heteroatoms. The number of aryl methyl sites for hydroxylation is 1. The Morgan fingerprint density at radius 2 is 1.93 bits per heavy atom. The molecule has 0 radical (unpaired) electrons. The van der Waals surface area contributed by atoms with Crippen LogP contribution in [0, 0.1) is 12.8 Å². The number of benzene rings is 1. The van der Waals surface area contributed by atoms with E-state index in [0.29, 0.717) is 29.9 Å². The minimum atomic E-state index is 0.265. The van der Waals surface area contributed by atoms with Crippen molar-refractivity contribution in [3.63, 3.8) is 0 Å². The van der Waals surface area contributed by atoms with Gasteiger partial charge in [0.25, 0.3) is 0 Å². The van der Waals surface area contributed by atoms with Gasteiger partial charge in [-0.15, -0.1) is 0 Å². The average molecular weight is 389 g/mol. The number of fused-ring (bicyclic) bond motifs is 1. The molecular formula is C21H23N7O. The summed E-state index contributed by atoms with van der Waals surface area (Å²) >= 11 is 0. The summed E-state index contributed by atoms with van der Waals surface area (Å²) < 4.78 is 0. The fourth-order valence-electron chi connectivity index (χ4n) is 3.66. The van der Waals surface area contributed by atoms with Crippen molar-refractivity contribution in [3.8, 4) is 0 Å². The number of nitrogens with zero attached hydrogens (tertiary/aromatic N) is 4. The monoisotopic (exact) mass is 389 g/mol. The van der Waals surface area contributed by atoms with Gasteiger partial charge in [-0.25, -0.2) is 4.98 Å². The molecule has 1 amide bonds. The maximum absolute atomic E-state index is 12.4. The van der Waals surface area contributed by atoms with Crippen molar-refractivity contribution in [2.75, 3.05) is 17.2 Å². The first-order valence-corrected chi connectivity index (χ1v) is 9.93. The minimum absolute atomic E-state index is 0.265. The number of aromatic nitrogens is 4. The second-order valence-corrected chi connectivity index (χ2v) is 7.74. The van der Waals surface area contributed by atoms with Gasteiger partial charge < -0.3 is 15.5 Å². The van der Waals surface area contributed by atoms with Gasteiger partial charge in [0, 0.05) is 36.5 Å². The summed E-state index contributed by atoms with van der Waals surface area (Å²) in [4.78, 5) is 23.2. The molecule has 2 aromatic heterocycles. The summed E-state index contributed by atoms with van der Waals surface area (Å²) in [5, 5.41) is 13.5. The number of amides is 1. The van der Waals surface area contributed by atoms with E-state index in [2.05, 4.69) is 49.0 Å². The Balaban J connectivity index is 1.30. The zero-order valence-corrected chi connectivity index (χ0v) is 16.3. The second-order valence-electron chi connectivity index (χ2n) is 7.74. The van der Waals surface area contributed by atoms with Crippen LogP contribution in [0.4, 0.5) is 23.1 Å². The average Bonchev–Trinajstić information content (AvgIpc) is 3.50. The summed E-state index contributed by atoms with van der Waals surface area (Å²) in [7, 11) is 0. The van der Waals surface area contributed by atoms with Crippen molar-refractivity contribution in [1.29, 1.82) is 0 Å². The number of carbonyl (C=O) groups excluding carboxylic acids is 1. The highest BCUT2D eigenvalue weighted by Gasteiger charge is 2.34. The molecule has 0 saturated heterocycles. The van der Waals surface area contributed by atoms with E-state index in [0.717, 1.165) is 37.2 Å². The number of hydrogen-bond donors (Lipinski definition) is 3. The molecule has 3 aromatic rings. The topological polar surface area (TPSA) is 98.8 Å². The molecule has 3 N–H and O–H groups in total. The van der Waals surface area contributed by atoms with E-state index in [9.17, 15) is 4.79 Å². The van der Waals surface area contributed by atoms with Crippen LogP contribution in [0.2, 0.25) is 0 Å². The summed E-state index contributed by atoms with van der Waals surface area (Å²) in [5.41, 5.74) is 4.42. The van der Waals surface area contributed by atoms with E-state index < -0.39 is 0 Å². The SMILES string of the molecule is Cc1cc(Nc2cncc(Nc3ccc4c(c3)CN(C(=O)C3CC3)CC4)n2)n[nH]1. The summed E-state index contributed by atoms with van der Waals surface area (Å²) in [6.45, 7) is 3.45. The smallest absolute Gasteiger partial charge is 0.225 e. The largest absolute Gasteiger partial charge is 0.339 e. The molecule has 1 aliphatic heterocycles. The molecule has 29 heavy (non-hydrogen) atoms. The van der Waals surface area contributed by atoms with Crippen molar-refractivity contribution in [1.82, 2.24) is 25.1 Å². The zero-order valence-electron chi connectivity index (χ0n) is 16.3. The lowest BCUT2D eigenvalue weighted by Crippen LogP contribution is -2.36. The molecular weight excluding hydrogens is 366 g/mol. The van der Waals surface area contributed by atoms with E-state index in [-0.39, 0.29) is 5.92 Å². The first-order valence-electron chi connectivity index (χ1n) is 9.93. The van der Waals surface area contributed by atoms with Gasteiger partial charge in [-0.2, -0.15) is 5.10 Å². The van der Waals surface area contributed by atoms with Gasteiger partial charge in [0.1, 0.15) is 0 Å². The Hall–Kier alpha value is -3.42. The van der Waals surface area contributed by atoms with Crippen LogP contribution in [0.3, 0.4) is 0 Å². The number of hydrogen-bond acceptors (Lipinski definition) is 6. The van der Waals surface area contributed by atoms with Gasteiger partial charge in [-0.05, 0) is 49.4 Å². The van der Waals surface area contributed by atoms with E-state index in [1.165, 1.54) is 11.1 Å². The predicted octanol–water partition coefficient (Wildman–Crippen LogP) is 3.29. The molecule has 0 spiro atoms. The van der Waals surface area contributed by atoms with E-state index in [1.807, 2.05) is 17.9 Å². The lowest BCUT2D eigenvalue weighted by atomic mass is 9.98. The maximum Gasteiger partial charge on any atom is 0.225 e. The molecule has 0 atom stereocenters. The fraction of sp³-hybridized carbons (Fsp3) is 0.333. The van der Waals surface area contributed by atoms with Gasteiger partial charge in [-0.1, -0.05) is 6.07 Å². The highest BCUT2D eigenvalue weighted by molar-refractivity contribution is 5.81. The lowest BCUT2D eigenvalue weighted by Gasteiger charge is -2.29.